The van der Waals surface area contributed by atoms with E-state index >= 15 is 0 Å². The molecular formula is C16H20N4O. The Balaban J connectivity index is 1.67. The molecule has 2 aromatic rings. The summed E-state index contributed by atoms with van der Waals surface area (Å²) in [6, 6.07) is 9.98. The zero-order chi connectivity index (χ0) is 14.7. The summed E-state index contributed by atoms with van der Waals surface area (Å²) >= 11 is 0. The van der Waals surface area contributed by atoms with Crippen molar-refractivity contribution in [2.75, 3.05) is 13.1 Å². The highest BCUT2D eigenvalue weighted by atomic mass is 16.2. The molecule has 2 heterocycles. The molecule has 1 fully saturated rings. The number of aromatic amines is 1. The van der Waals surface area contributed by atoms with E-state index in [2.05, 4.69) is 15.2 Å². The Kier molecular flexibility index (Phi) is 3.99. The molecule has 5 heteroatoms. The first-order chi connectivity index (χ1) is 10.3. The maximum absolute atomic E-state index is 11.7. The van der Waals surface area contributed by atoms with Gasteiger partial charge in [0, 0.05) is 31.0 Å². The van der Waals surface area contributed by atoms with E-state index in [9.17, 15) is 4.79 Å². The molecule has 1 N–H and O–H groups in total. The van der Waals surface area contributed by atoms with Crippen LogP contribution in [0.25, 0.3) is 11.4 Å². The lowest BCUT2D eigenvalue weighted by molar-refractivity contribution is -0.131. The van der Waals surface area contributed by atoms with Crippen LogP contribution in [0, 0.1) is 0 Å². The zero-order valence-corrected chi connectivity index (χ0v) is 12.2. The average Bonchev–Trinajstić information content (AvgIpc) is 3.05. The van der Waals surface area contributed by atoms with E-state index in [-0.39, 0.29) is 5.91 Å². The number of carbonyl (C=O) groups is 1. The summed E-state index contributed by atoms with van der Waals surface area (Å²) in [6.45, 7) is 3.55. The van der Waals surface area contributed by atoms with Gasteiger partial charge in [-0.1, -0.05) is 37.3 Å². The number of H-pyrrole nitrogens is 1. The summed E-state index contributed by atoms with van der Waals surface area (Å²) in [5.74, 6) is 2.31. The number of rotatable bonds is 3. The first kappa shape index (κ1) is 13.8. The lowest BCUT2D eigenvalue weighted by Crippen LogP contribution is -2.37. The number of benzene rings is 1. The molecule has 1 aromatic heterocycles. The monoisotopic (exact) mass is 284 g/mol. The fourth-order valence-corrected chi connectivity index (χ4v) is 2.80. The van der Waals surface area contributed by atoms with E-state index < -0.39 is 0 Å². The molecule has 1 amide bonds. The highest BCUT2D eigenvalue weighted by molar-refractivity contribution is 5.75. The highest BCUT2D eigenvalue weighted by Gasteiger charge is 2.25. The Morgan fingerprint density at radius 1 is 1.29 bits per heavy atom. The van der Waals surface area contributed by atoms with Crippen LogP contribution in [0.4, 0.5) is 0 Å². The van der Waals surface area contributed by atoms with Crippen LogP contribution in [0.15, 0.2) is 30.3 Å². The lowest BCUT2D eigenvalue weighted by atomic mass is 9.96. The van der Waals surface area contributed by atoms with Gasteiger partial charge in [-0.05, 0) is 12.8 Å². The number of amides is 1. The van der Waals surface area contributed by atoms with Gasteiger partial charge in [0.2, 0.25) is 5.91 Å². The maximum atomic E-state index is 11.7. The molecule has 1 saturated heterocycles. The molecule has 0 spiro atoms. The summed E-state index contributed by atoms with van der Waals surface area (Å²) < 4.78 is 0. The maximum Gasteiger partial charge on any atom is 0.222 e. The van der Waals surface area contributed by atoms with Crippen LogP contribution < -0.4 is 0 Å². The first-order valence-corrected chi connectivity index (χ1v) is 7.53. The van der Waals surface area contributed by atoms with Crippen LogP contribution in [0.3, 0.4) is 0 Å². The van der Waals surface area contributed by atoms with Gasteiger partial charge >= 0.3 is 0 Å². The van der Waals surface area contributed by atoms with Crippen molar-refractivity contribution in [1.29, 1.82) is 0 Å². The molecule has 21 heavy (non-hydrogen) atoms. The van der Waals surface area contributed by atoms with Crippen molar-refractivity contribution >= 4 is 5.91 Å². The molecule has 0 radical (unpaired) electrons. The highest BCUT2D eigenvalue weighted by Crippen LogP contribution is 2.27. The predicted octanol–water partition coefficient (Wildman–Crippen LogP) is 2.59. The molecule has 0 unspecified atom stereocenters. The summed E-state index contributed by atoms with van der Waals surface area (Å²) in [4.78, 5) is 18.3. The molecule has 0 atom stereocenters. The van der Waals surface area contributed by atoms with Crippen molar-refractivity contribution in [2.24, 2.45) is 0 Å². The molecule has 1 aromatic carbocycles. The van der Waals surface area contributed by atoms with Crippen LogP contribution in [0.2, 0.25) is 0 Å². The van der Waals surface area contributed by atoms with Crippen LogP contribution in [0.1, 0.15) is 37.9 Å². The van der Waals surface area contributed by atoms with E-state index in [1.165, 1.54) is 0 Å². The van der Waals surface area contributed by atoms with E-state index in [4.69, 9.17) is 0 Å². The number of carbonyl (C=O) groups excluding carboxylic acids is 1. The van der Waals surface area contributed by atoms with Crippen LogP contribution in [0.5, 0.6) is 0 Å². The average molecular weight is 284 g/mol. The Hall–Kier alpha value is -2.17. The minimum atomic E-state index is 0.246. The minimum Gasteiger partial charge on any atom is -0.343 e. The number of hydrogen-bond donors (Lipinski definition) is 1. The first-order valence-electron chi connectivity index (χ1n) is 7.53. The van der Waals surface area contributed by atoms with Gasteiger partial charge in [-0.2, -0.15) is 5.10 Å². The van der Waals surface area contributed by atoms with Gasteiger partial charge in [0.15, 0.2) is 5.82 Å². The van der Waals surface area contributed by atoms with Gasteiger partial charge in [0.05, 0.1) is 0 Å². The van der Waals surface area contributed by atoms with E-state index in [1.54, 1.807) is 0 Å². The topological polar surface area (TPSA) is 61.9 Å². The Morgan fingerprint density at radius 3 is 2.67 bits per heavy atom. The van der Waals surface area contributed by atoms with Gasteiger partial charge in [0.1, 0.15) is 5.82 Å². The largest absolute Gasteiger partial charge is 0.343 e. The summed E-state index contributed by atoms with van der Waals surface area (Å²) in [6.07, 6.45) is 2.50. The summed E-state index contributed by atoms with van der Waals surface area (Å²) in [5, 5.41) is 7.38. The molecular weight excluding hydrogens is 264 g/mol. The zero-order valence-electron chi connectivity index (χ0n) is 12.2. The van der Waals surface area contributed by atoms with Gasteiger partial charge in [-0.25, -0.2) is 4.98 Å². The lowest BCUT2D eigenvalue weighted by Gasteiger charge is -2.30. The number of piperidine rings is 1. The van der Waals surface area contributed by atoms with Crippen molar-refractivity contribution in [3.05, 3.63) is 36.2 Å². The van der Waals surface area contributed by atoms with Crippen LogP contribution in [-0.4, -0.2) is 39.1 Å². The Morgan fingerprint density at radius 2 is 2.00 bits per heavy atom. The Labute approximate surface area is 124 Å². The third kappa shape index (κ3) is 2.96. The molecule has 110 valence electrons. The quantitative estimate of drug-likeness (QED) is 0.942. The second-order valence-corrected chi connectivity index (χ2v) is 5.42. The molecule has 1 aliphatic rings. The van der Waals surface area contributed by atoms with Crippen LogP contribution in [-0.2, 0) is 4.79 Å². The molecule has 0 saturated carbocycles. The standard InChI is InChI=1S/C16H20N4O/c1-2-14(21)20-10-8-13(9-11-20)16-17-15(18-19-16)12-6-4-3-5-7-12/h3-7,13H,2,8-11H2,1H3,(H,17,18,19). The number of nitrogens with one attached hydrogen (secondary N) is 1. The number of aromatic nitrogens is 3. The van der Waals surface area contributed by atoms with Gasteiger partial charge in [-0.3, -0.25) is 9.89 Å². The van der Waals surface area contributed by atoms with Gasteiger partial charge < -0.3 is 4.90 Å². The molecule has 5 nitrogen and oxygen atoms in total. The van der Waals surface area contributed by atoms with E-state index in [1.807, 2.05) is 42.2 Å². The van der Waals surface area contributed by atoms with Crippen molar-refractivity contribution in [3.8, 4) is 11.4 Å². The number of likely N-dealkylation sites (tertiary alicyclic amines) is 1. The third-order valence-electron chi connectivity index (χ3n) is 4.07. The van der Waals surface area contributed by atoms with Crippen molar-refractivity contribution in [2.45, 2.75) is 32.1 Å². The van der Waals surface area contributed by atoms with E-state index in [0.717, 1.165) is 43.1 Å². The SMILES string of the molecule is CCC(=O)N1CCC(c2nc(-c3ccccc3)n[nH]2)CC1. The number of nitrogens with zero attached hydrogens (tertiary/aromatic N) is 3. The summed E-state index contributed by atoms with van der Waals surface area (Å²) in [5.41, 5.74) is 1.03. The van der Waals surface area contributed by atoms with E-state index in [0.29, 0.717) is 12.3 Å². The number of hydrogen-bond acceptors (Lipinski definition) is 3. The normalized spacial score (nSPS) is 16.1. The second-order valence-electron chi connectivity index (χ2n) is 5.42. The third-order valence-corrected chi connectivity index (χ3v) is 4.07. The van der Waals surface area contributed by atoms with Gasteiger partial charge in [0.25, 0.3) is 0 Å². The second kappa shape index (κ2) is 6.08. The molecule has 3 rings (SSSR count). The predicted molar refractivity (Wildman–Crippen MR) is 80.7 cm³/mol. The fraction of sp³-hybridized carbons (Fsp3) is 0.438. The minimum absolute atomic E-state index is 0.246. The Bertz CT molecular complexity index is 600. The van der Waals surface area contributed by atoms with Crippen molar-refractivity contribution in [1.82, 2.24) is 20.1 Å². The van der Waals surface area contributed by atoms with Crippen molar-refractivity contribution in [3.63, 3.8) is 0 Å². The molecule has 0 aliphatic carbocycles. The van der Waals surface area contributed by atoms with Crippen molar-refractivity contribution < 1.29 is 4.79 Å². The smallest absolute Gasteiger partial charge is 0.222 e. The fourth-order valence-electron chi connectivity index (χ4n) is 2.80. The summed E-state index contributed by atoms with van der Waals surface area (Å²) in [7, 11) is 0. The molecule has 0 bridgehead atoms. The van der Waals surface area contributed by atoms with Gasteiger partial charge in [-0.15, -0.1) is 0 Å². The van der Waals surface area contributed by atoms with Crippen LogP contribution >= 0.6 is 0 Å². The molecule has 1 aliphatic heterocycles.